The Morgan fingerprint density at radius 2 is 1.90 bits per heavy atom. The molecule has 1 aliphatic heterocycles. The number of hydrogen-bond donors (Lipinski definition) is 2. The minimum Gasteiger partial charge on any atom is -0.443 e. The highest BCUT2D eigenvalue weighted by molar-refractivity contribution is 6.01. The zero-order chi connectivity index (χ0) is 20.0. The first-order valence-electron chi connectivity index (χ1n) is 9.17. The lowest BCUT2D eigenvalue weighted by atomic mass is 10.1. The van der Waals surface area contributed by atoms with Crippen molar-refractivity contribution in [2.45, 2.75) is 13.3 Å². The van der Waals surface area contributed by atoms with E-state index in [1.54, 1.807) is 18.1 Å². The van der Waals surface area contributed by atoms with Crippen molar-refractivity contribution in [1.29, 1.82) is 0 Å². The number of likely N-dealkylation sites (N-methyl/N-ethyl adjacent to an activating group) is 1. The number of carbonyl (C=O) groups is 1. The van der Waals surface area contributed by atoms with Crippen LogP contribution in [0, 0.1) is 6.92 Å². The van der Waals surface area contributed by atoms with Gasteiger partial charge in [-0.1, -0.05) is 0 Å². The molecule has 0 spiro atoms. The number of oxazole rings is 1. The largest absolute Gasteiger partial charge is 0.443 e. The molecule has 2 N–H and O–H groups in total. The molecule has 3 heterocycles. The third kappa shape index (κ3) is 3.14. The standard InChI is InChI=1S/C21H18N6O2/c1-12-10-22-21(25-14-3-5-17-13(7-14)8-19(28)27(17)2)26-20(12)24-15-4-6-18-16(9-15)23-11-29-18/h3-7,9-11H,8H2,1-2H3,(H2,22,24,25,26). The number of anilines is 5. The van der Waals surface area contributed by atoms with Crippen LogP contribution in [0.15, 0.2) is 53.4 Å². The second-order valence-electron chi connectivity index (χ2n) is 6.98. The minimum atomic E-state index is 0.0966. The lowest BCUT2D eigenvalue weighted by Gasteiger charge is -2.13. The van der Waals surface area contributed by atoms with Crippen molar-refractivity contribution in [2.75, 3.05) is 22.6 Å². The first-order valence-corrected chi connectivity index (χ1v) is 9.17. The third-order valence-electron chi connectivity index (χ3n) is 4.98. The Kier molecular flexibility index (Phi) is 3.90. The summed E-state index contributed by atoms with van der Waals surface area (Å²) in [5.41, 5.74) is 6.06. The van der Waals surface area contributed by atoms with Gasteiger partial charge < -0.3 is 20.0 Å². The maximum absolute atomic E-state index is 11.9. The van der Waals surface area contributed by atoms with Crippen LogP contribution in [0.25, 0.3) is 11.1 Å². The number of rotatable bonds is 4. The first kappa shape index (κ1) is 17.2. The van der Waals surface area contributed by atoms with Gasteiger partial charge in [0.25, 0.3) is 0 Å². The number of nitrogens with one attached hydrogen (secondary N) is 2. The Morgan fingerprint density at radius 3 is 2.79 bits per heavy atom. The molecular formula is C21H18N6O2. The van der Waals surface area contributed by atoms with E-state index < -0.39 is 0 Å². The van der Waals surface area contributed by atoms with Crippen molar-refractivity contribution < 1.29 is 9.21 Å². The molecule has 0 bridgehead atoms. The summed E-state index contributed by atoms with van der Waals surface area (Å²) in [5.74, 6) is 1.26. The summed E-state index contributed by atoms with van der Waals surface area (Å²) in [6.45, 7) is 1.94. The maximum Gasteiger partial charge on any atom is 0.231 e. The Bertz CT molecular complexity index is 1250. The van der Waals surface area contributed by atoms with Gasteiger partial charge in [0.15, 0.2) is 12.0 Å². The van der Waals surface area contributed by atoms with Gasteiger partial charge in [-0.25, -0.2) is 9.97 Å². The van der Waals surface area contributed by atoms with Crippen LogP contribution in [0.2, 0.25) is 0 Å². The third-order valence-corrected chi connectivity index (χ3v) is 4.98. The zero-order valence-corrected chi connectivity index (χ0v) is 15.9. The van der Waals surface area contributed by atoms with E-state index in [9.17, 15) is 4.79 Å². The molecular weight excluding hydrogens is 368 g/mol. The van der Waals surface area contributed by atoms with E-state index >= 15 is 0 Å². The zero-order valence-electron chi connectivity index (χ0n) is 15.9. The highest BCUT2D eigenvalue weighted by atomic mass is 16.3. The molecule has 2 aromatic carbocycles. The molecule has 4 aromatic rings. The summed E-state index contributed by atoms with van der Waals surface area (Å²) < 4.78 is 5.28. The van der Waals surface area contributed by atoms with Gasteiger partial charge in [-0.2, -0.15) is 4.98 Å². The van der Waals surface area contributed by atoms with Crippen LogP contribution in [0.1, 0.15) is 11.1 Å². The highest BCUT2D eigenvalue weighted by Crippen LogP contribution is 2.31. The molecule has 1 amide bonds. The number of nitrogens with zero attached hydrogens (tertiary/aromatic N) is 4. The van der Waals surface area contributed by atoms with Gasteiger partial charge in [0.05, 0.1) is 6.42 Å². The predicted octanol–water partition coefficient (Wildman–Crippen LogP) is 3.93. The average molecular weight is 386 g/mol. The lowest BCUT2D eigenvalue weighted by Crippen LogP contribution is -2.20. The van der Waals surface area contributed by atoms with Gasteiger partial charge >= 0.3 is 0 Å². The van der Waals surface area contributed by atoms with Crippen LogP contribution in [0.5, 0.6) is 0 Å². The topological polar surface area (TPSA) is 96.2 Å². The molecule has 5 rings (SSSR count). The maximum atomic E-state index is 11.9. The second kappa shape index (κ2) is 6.59. The molecule has 0 aliphatic carbocycles. The van der Waals surface area contributed by atoms with Crippen molar-refractivity contribution in [2.24, 2.45) is 0 Å². The van der Waals surface area contributed by atoms with Crippen LogP contribution >= 0.6 is 0 Å². The molecule has 144 valence electrons. The Hall–Kier alpha value is -3.94. The van der Waals surface area contributed by atoms with Crippen LogP contribution < -0.4 is 15.5 Å². The molecule has 0 radical (unpaired) electrons. The summed E-state index contributed by atoms with van der Waals surface area (Å²) >= 11 is 0. The van der Waals surface area contributed by atoms with E-state index in [2.05, 4.69) is 25.6 Å². The van der Waals surface area contributed by atoms with E-state index in [0.717, 1.165) is 39.3 Å². The molecule has 0 atom stereocenters. The van der Waals surface area contributed by atoms with Crippen LogP contribution in [-0.2, 0) is 11.2 Å². The van der Waals surface area contributed by atoms with Gasteiger partial charge in [0.1, 0.15) is 11.3 Å². The van der Waals surface area contributed by atoms with Crippen LogP contribution in [-0.4, -0.2) is 27.9 Å². The molecule has 8 nitrogen and oxygen atoms in total. The van der Waals surface area contributed by atoms with E-state index in [0.29, 0.717) is 18.2 Å². The smallest absolute Gasteiger partial charge is 0.231 e. The van der Waals surface area contributed by atoms with Gasteiger partial charge in [-0.15, -0.1) is 0 Å². The molecule has 29 heavy (non-hydrogen) atoms. The fourth-order valence-electron chi connectivity index (χ4n) is 3.38. The summed E-state index contributed by atoms with van der Waals surface area (Å²) in [4.78, 5) is 26.7. The molecule has 0 saturated carbocycles. The van der Waals surface area contributed by atoms with Crippen molar-refractivity contribution in [3.8, 4) is 0 Å². The number of amides is 1. The molecule has 1 aliphatic rings. The van der Waals surface area contributed by atoms with Crippen molar-refractivity contribution >= 4 is 45.8 Å². The van der Waals surface area contributed by atoms with Crippen molar-refractivity contribution in [1.82, 2.24) is 15.0 Å². The Morgan fingerprint density at radius 1 is 1.07 bits per heavy atom. The molecule has 8 heteroatoms. The Labute approximate surface area is 166 Å². The molecule has 2 aromatic heterocycles. The van der Waals surface area contributed by atoms with Gasteiger partial charge in [-0.05, 0) is 48.9 Å². The SMILES string of the molecule is Cc1cnc(Nc2ccc3c(c2)CC(=O)N3C)nc1Nc1ccc2ocnc2c1. The quantitative estimate of drug-likeness (QED) is 0.548. The monoisotopic (exact) mass is 386 g/mol. The number of aryl methyl sites for hydroxylation is 1. The fraction of sp³-hybridized carbons (Fsp3) is 0.143. The van der Waals surface area contributed by atoms with Crippen LogP contribution in [0.4, 0.5) is 28.8 Å². The number of benzene rings is 2. The summed E-state index contributed by atoms with van der Waals surface area (Å²) in [5, 5.41) is 6.53. The summed E-state index contributed by atoms with van der Waals surface area (Å²) in [6.07, 6.45) is 3.60. The normalized spacial score (nSPS) is 13.0. The number of hydrogen-bond acceptors (Lipinski definition) is 7. The number of fused-ring (bicyclic) bond motifs is 2. The van der Waals surface area contributed by atoms with Gasteiger partial charge in [0, 0.05) is 35.9 Å². The Balaban J connectivity index is 1.39. The molecule has 0 saturated heterocycles. The van der Waals surface area contributed by atoms with Crippen molar-refractivity contribution in [3.05, 3.63) is 60.1 Å². The van der Waals surface area contributed by atoms with E-state index in [1.165, 1.54) is 6.39 Å². The van der Waals surface area contributed by atoms with Crippen molar-refractivity contribution in [3.63, 3.8) is 0 Å². The van der Waals surface area contributed by atoms with E-state index in [-0.39, 0.29) is 5.91 Å². The first-order chi connectivity index (χ1) is 14.1. The van der Waals surface area contributed by atoms with Gasteiger partial charge in [0.2, 0.25) is 11.9 Å². The minimum absolute atomic E-state index is 0.0966. The van der Waals surface area contributed by atoms with Gasteiger partial charge in [-0.3, -0.25) is 4.79 Å². The number of aromatic nitrogens is 3. The summed E-state index contributed by atoms with van der Waals surface area (Å²) in [7, 11) is 1.79. The lowest BCUT2D eigenvalue weighted by molar-refractivity contribution is -0.117. The van der Waals surface area contributed by atoms with E-state index in [1.807, 2.05) is 43.3 Å². The van der Waals surface area contributed by atoms with E-state index in [4.69, 9.17) is 4.42 Å². The fourth-order valence-corrected chi connectivity index (χ4v) is 3.38. The van der Waals surface area contributed by atoms with Crippen LogP contribution in [0.3, 0.4) is 0 Å². The molecule has 0 fully saturated rings. The average Bonchev–Trinajstić information content (AvgIpc) is 3.28. The predicted molar refractivity (Wildman–Crippen MR) is 111 cm³/mol. The number of carbonyl (C=O) groups excluding carboxylic acids is 1. The summed E-state index contributed by atoms with van der Waals surface area (Å²) in [6, 6.07) is 11.5. The highest BCUT2D eigenvalue weighted by Gasteiger charge is 2.23. The second-order valence-corrected chi connectivity index (χ2v) is 6.98. The molecule has 0 unspecified atom stereocenters.